The summed E-state index contributed by atoms with van der Waals surface area (Å²) in [6.07, 6.45) is 3.24. The number of hydrogen-bond donors (Lipinski definition) is 1. The van der Waals surface area contributed by atoms with E-state index in [1.165, 1.54) is 4.90 Å². The second kappa shape index (κ2) is 7.90. The minimum atomic E-state index is -0.959. The molecule has 0 bridgehead atoms. The number of rotatable bonds is 6. The van der Waals surface area contributed by atoms with E-state index in [0.29, 0.717) is 18.5 Å². The monoisotopic (exact) mass is 317 g/mol. The molecule has 2 rings (SSSR count). The largest absolute Gasteiger partial charge is 0.480 e. The Morgan fingerprint density at radius 2 is 1.83 bits per heavy atom. The van der Waals surface area contributed by atoms with Crippen LogP contribution >= 0.6 is 0 Å². The molecule has 1 atom stereocenters. The molecule has 0 spiro atoms. The summed E-state index contributed by atoms with van der Waals surface area (Å²) in [5, 5.41) is 9.20. The fourth-order valence-corrected chi connectivity index (χ4v) is 2.92. The van der Waals surface area contributed by atoms with E-state index in [1.54, 1.807) is 12.1 Å². The van der Waals surface area contributed by atoms with Crippen LogP contribution in [0.2, 0.25) is 0 Å². The number of carbonyl (C=O) groups is 3. The summed E-state index contributed by atoms with van der Waals surface area (Å²) >= 11 is 0. The van der Waals surface area contributed by atoms with Gasteiger partial charge in [0.15, 0.2) is 5.78 Å². The van der Waals surface area contributed by atoms with E-state index < -0.39 is 12.0 Å². The van der Waals surface area contributed by atoms with Gasteiger partial charge in [-0.05, 0) is 31.2 Å². The normalized spacial score (nSPS) is 17.8. The van der Waals surface area contributed by atoms with Gasteiger partial charge in [-0.15, -0.1) is 0 Å². The molecule has 23 heavy (non-hydrogen) atoms. The molecule has 1 unspecified atom stereocenters. The van der Waals surface area contributed by atoms with Gasteiger partial charge in [0.1, 0.15) is 6.04 Å². The number of hydrogen-bond acceptors (Lipinski definition) is 3. The van der Waals surface area contributed by atoms with Crippen LogP contribution in [-0.2, 0) is 16.0 Å². The third-order valence-electron chi connectivity index (χ3n) is 4.36. The van der Waals surface area contributed by atoms with E-state index >= 15 is 0 Å². The second-order valence-corrected chi connectivity index (χ2v) is 5.91. The topological polar surface area (TPSA) is 74.7 Å². The van der Waals surface area contributed by atoms with Crippen LogP contribution < -0.4 is 0 Å². The van der Waals surface area contributed by atoms with Crippen molar-refractivity contribution in [1.82, 2.24) is 4.90 Å². The van der Waals surface area contributed by atoms with Crippen LogP contribution in [-0.4, -0.2) is 40.3 Å². The Morgan fingerprint density at radius 1 is 1.13 bits per heavy atom. The first-order chi connectivity index (χ1) is 11.0. The standard InChI is InChI=1S/C18H23NO4/c1-2-13-6-8-14(9-7-13)16(20)10-11-17(21)19-12-4-3-5-15(19)18(22)23/h6-9,15H,2-5,10-12H2,1H3,(H,22,23). The van der Waals surface area contributed by atoms with Crippen molar-refractivity contribution >= 4 is 17.7 Å². The summed E-state index contributed by atoms with van der Waals surface area (Å²) in [5.41, 5.74) is 1.76. The van der Waals surface area contributed by atoms with Crippen molar-refractivity contribution in [2.75, 3.05) is 6.54 Å². The van der Waals surface area contributed by atoms with Gasteiger partial charge in [-0.3, -0.25) is 9.59 Å². The fourth-order valence-electron chi connectivity index (χ4n) is 2.92. The number of aliphatic carboxylic acids is 1. The number of ketones is 1. The van der Waals surface area contributed by atoms with Gasteiger partial charge in [0.2, 0.25) is 5.91 Å². The molecule has 5 nitrogen and oxygen atoms in total. The van der Waals surface area contributed by atoms with Crippen molar-refractivity contribution in [1.29, 1.82) is 0 Å². The zero-order valence-corrected chi connectivity index (χ0v) is 13.5. The van der Waals surface area contributed by atoms with Gasteiger partial charge in [-0.1, -0.05) is 31.2 Å². The number of carbonyl (C=O) groups excluding carboxylic acids is 2. The second-order valence-electron chi connectivity index (χ2n) is 5.91. The van der Waals surface area contributed by atoms with Crippen LogP contribution in [0.3, 0.4) is 0 Å². The predicted molar refractivity (Wildman–Crippen MR) is 86.4 cm³/mol. The number of Topliss-reactive ketones (excluding diaryl/α,β-unsaturated/α-hetero) is 1. The van der Waals surface area contributed by atoms with Crippen molar-refractivity contribution in [2.24, 2.45) is 0 Å². The number of carboxylic acids is 1. The van der Waals surface area contributed by atoms with Gasteiger partial charge in [0, 0.05) is 24.9 Å². The SMILES string of the molecule is CCc1ccc(C(=O)CCC(=O)N2CCCCC2C(=O)O)cc1. The third kappa shape index (κ3) is 4.41. The Labute approximate surface area is 136 Å². The Hall–Kier alpha value is -2.17. The van der Waals surface area contributed by atoms with Crippen LogP contribution in [0, 0.1) is 0 Å². The molecule has 0 aliphatic carbocycles. The molecule has 1 aromatic rings. The van der Waals surface area contributed by atoms with Crippen LogP contribution in [0.25, 0.3) is 0 Å². The van der Waals surface area contributed by atoms with Crippen LogP contribution in [0.4, 0.5) is 0 Å². The van der Waals surface area contributed by atoms with E-state index in [2.05, 4.69) is 0 Å². The summed E-state index contributed by atoms with van der Waals surface area (Å²) in [5.74, 6) is -1.28. The Kier molecular flexibility index (Phi) is 5.90. The summed E-state index contributed by atoms with van der Waals surface area (Å²) in [6.45, 7) is 2.52. The van der Waals surface area contributed by atoms with Crippen molar-refractivity contribution in [3.05, 3.63) is 35.4 Å². The molecular formula is C18H23NO4. The number of piperidine rings is 1. The molecule has 0 saturated carbocycles. The number of benzene rings is 1. The van der Waals surface area contributed by atoms with Gasteiger partial charge in [0.25, 0.3) is 0 Å². The molecule has 1 amide bonds. The molecule has 1 N–H and O–H groups in total. The molecule has 124 valence electrons. The van der Waals surface area contributed by atoms with Crippen molar-refractivity contribution < 1.29 is 19.5 Å². The first kappa shape index (κ1) is 17.2. The van der Waals surface area contributed by atoms with Crippen LogP contribution in [0.5, 0.6) is 0 Å². The minimum absolute atomic E-state index is 0.0676. The maximum absolute atomic E-state index is 12.3. The highest BCUT2D eigenvalue weighted by atomic mass is 16.4. The van der Waals surface area contributed by atoms with E-state index in [9.17, 15) is 19.5 Å². The molecule has 0 radical (unpaired) electrons. The number of nitrogens with zero attached hydrogens (tertiary/aromatic N) is 1. The number of aryl methyl sites for hydroxylation is 1. The van der Waals surface area contributed by atoms with E-state index in [4.69, 9.17) is 0 Å². The van der Waals surface area contributed by atoms with Gasteiger partial charge >= 0.3 is 5.97 Å². The molecule has 1 heterocycles. The number of likely N-dealkylation sites (tertiary alicyclic amines) is 1. The van der Waals surface area contributed by atoms with Crippen molar-refractivity contribution in [3.8, 4) is 0 Å². The molecular weight excluding hydrogens is 294 g/mol. The Bertz CT molecular complexity index is 579. The van der Waals surface area contributed by atoms with Gasteiger partial charge in [0.05, 0.1) is 0 Å². The van der Waals surface area contributed by atoms with Crippen LogP contribution in [0.15, 0.2) is 24.3 Å². The van der Waals surface area contributed by atoms with Crippen molar-refractivity contribution in [2.45, 2.75) is 51.5 Å². The zero-order valence-electron chi connectivity index (χ0n) is 13.5. The fraction of sp³-hybridized carbons (Fsp3) is 0.500. The maximum Gasteiger partial charge on any atom is 0.326 e. The minimum Gasteiger partial charge on any atom is -0.480 e. The van der Waals surface area contributed by atoms with E-state index in [-0.39, 0.29) is 24.5 Å². The lowest BCUT2D eigenvalue weighted by Gasteiger charge is -2.33. The highest BCUT2D eigenvalue weighted by molar-refractivity contribution is 5.98. The highest BCUT2D eigenvalue weighted by Gasteiger charge is 2.31. The molecule has 1 aliphatic rings. The zero-order chi connectivity index (χ0) is 16.8. The van der Waals surface area contributed by atoms with Gasteiger partial charge in [-0.2, -0.15) is 0 Å². The first-order valence-corrected chi connectivity index (χ1v) is 8.17. The lowest BCUT2D eigenvalue weighted by atomic mass is 10.00. The lowest BCUT2D eigenvalue weighted by molar-refractivity contribution is -0.152. The van der Waals surface area contributed by atoms with Crippen molar-refractivity contribution in [3.63, 3.8) is 0 Å². The number of carboxylic acid groups (broad SMARTS) is 1. The Balaban J connectivity index is 1.92. The number of amides is 1. The highest BCUT2D eigenvalue weighted by Crippen LogP contribution is 2.19. The summed E-state index contributed by atoms with van der Waals surface area (Å²) < 4.78 is 0. The average Bonchev–Trinajstić information content (AvgIpc) is 2.59. The Morgan fingerprint density at radius 3 is 2.43 bits per heavy atom. The van der Waals surface area contributed by atoms with Gasteiger partial charge < -0.3 is 10.0 Å². The predicted octanol–water partition coefficient (Wildman–Crippen LogP) is 2.68. The molecule has 1 fully saturated rings. The third-order valence-corrected chi connectivity index (χ3v) is 4.36. The quantitative estimate of drug-likeness (QED) is 0.819. The molecule has 0 aromatic heterocycles. The smallest absolute Gasteiger partial charge is 0.326 e. The lowest BCUT2D eigenvalue weighted by Crippen LogP contribution is -2.48. The average molecular weight is 317 g/mol. The molecule has 5 heteroatoms. The van der Waals surface area contributed by atoms with Crippen LogP contribution in [0.1, 0.15) is 54.9 Å². The summed E-state index contributed by atoms with van der Waals surface area (Å²) in [6, 6.07) is 6.66. The molecule has 1 aliphatic heterocycles. The molecule has 1 aromatic carbocycles. The van der Waals surface area contributed by atoms with E-state index in [1.807, 2.05) is 19.1 Å². The summed E-state index contributed by atoms with van der Waals surface area (Å²) in [4.78, 5) is 37.1. The molecule has 1 saturated heterocycles. The first-order valence-electron chi connectivity index (χ1n) is 8.17. The summed E-state index contributed by atoms with van der Waals surface area (Å²) in [7, 11) is 0. The van der Waals surface area contributed by atoms with Gasteiger partial charge in [-0.25, -0.2) is 4.79 Å². The maximum atomic E-state index is 12.3. The van der Waals surface area contributed by atoms with E-state index in [0.717, 1.165) is 24.8 Å².